The summed E-state index contributed by atoms with van der Waals surface area (Å²) in [5, 5.41) is 21.5. The number of carboxylic acid groups (broad SMARTS) is 1. The Morgan fingerprint density at radius 2 is 1.70 bits per heavy atom. The molecule has 1 heterocycles. The second kappa shape index (κ2) is 6.92. The predicted octanol–water partition coefficient (Wildman–Crippen LogP) is 1.19. The Bertz CT molecular complexity index is 353. The topological polar surface area (TPSA) is 89.9 Å². The summed E-state index contributed by atoms with van der Waals surface area (Å²) in [7, 11) is 0. The second-order valence-corrected chi connectivity index (χ2v) is 5.91. The average molecular weight is 284 g/mol. The van der Waals surface area contributed by atoms with Gasteiger partial charge in [0.1, 0.15) is 0 Å². The van der Waals surface area contributed by atoms with Crippen molar-refractivity contribution in [3.63, 3.8) is 0 Å². The molecule has 2 amide bonds. The zero-order valence-electron chi connectivity index (χ0n) is 11.8. The summed E-state index contributed by atoms with van der Waals surface area (Å²) < 4.78 is 0. The minimum absolute atomic E-state index is 0.0714. The summed E-state index contributed by atoms with van der Waals surface area (Å²) in [6.07, 6.45) is 4.68. The van der Waals surface area contributed by atoms with Gasteiger partial charge in [0.25, 0.3) is 0 Å². The summed E-state index contributed by atoms with van der Waals surface area (Å²) in [4.78, 5) is 24.8. The number of aliphatic carboxylic acids is 1. The number of aliphatic hydroxyl groups excluding tert-OH is 1. The molecule has 1 aliphatic heterocycles. The van der Waals surface area contributed by atoms with E-state index in [1.165, 1.54) is 0 Å². The lowest BCUT2D eigenvalue weighted by Gasteiger charge is -2.29. The van der Waals surface area contributed by atoms with E-state index in [0.29, 0.717) is 32.4 Å². The number of carbonyl (C=O) groups is 2. The van der Waals surface area contributed by atoms with E-state index in [9.17, 15) is 14.7 Å². The Labute approximate surface area is 119 Å². The predicted molar refractivity (Wildman–Crippen MR) is 73.3 cm³/mol. The number of aliphatic hydroxyl groups is 1. The third kappa shape index (κ3) is 4.10. The van der Waals surface area contributed by atoms with E-state index >= 15 is 0 Å². The molecule has 2 fully saturated rings. The summed E-state index contributed by atoms with van der Waals surface area (Å²) in [5.41, 5.74) is 0. The molecular formula is C14H24N2O4. The van der Waals surface area contributed by atoms with Crippen LogP contribution in [0.1, 0.15) is 44.9 Å². The van der Waals surface area contributed by atoms with Gasteiger partial charge in [0.15, 0.2) is 0 Å². The molecule has 0 aromatic carbocycles. The molecule has 0 radical (unpaired) electrons. The average Bonchev–Trinajstić information content (AvgIpc) is 2.64. The minimum Gasteiger partial charge on any atom is -0.481 e. The first-order valence-electron chi connectivity index (χ1n) is 7.52. The fourth-order valence-electron chi connectivity index (χ4n) is 3.03. The van der Waals surface area contributed by atoms with Gasteiger partial charge in [-0.1, -0.05) is 0 Å². The maximum Gasteiger partial charge on any atom is 0.317 e. The molecule has 0 spiro atoms. The van der Waals surface area contributed by atoms with Gasteiger partial charge in [-0.3, -0.25) is 4.79 Å². The third-order valence-corrected chi connectivity index (χ3v) is 4.39. The summed E-state index contributed by atoms with van der Waals surface area (Å²) in [5.74, 6) is -0.979. The van der Waals surface area contributed by atoms with E-state index in [-0.39, 0.29) is 24.1 Å². The van der Waals surface area contributed by atoms with Crippen molar-refractivity contribution in [1.82, 2.24) is 10.2 Å². The smallest absolute Gasteiger partial charge is 0.317 e. The number of hydrogen-bond donors (Lipinski definition) is 3. The van der Waals surface area contributed by atoms with Crippen molar-refractivity contribution in [3.05, 3.63) is 0 Å². The molecule has 3 N–H and O–H groups in total. The molecule has 1 saturated carbocycles. The van der Waals surface area contributed by atoms with Crippen LogP contribution < -0.4 is 5.32 Å². The first-order chi connectivity index (χ1) is 9.56. The van der Waals surface area contributed by atoms with Crippen LogP contribution in [0.3, 0.4) is 0 Å². The fourth-order valence-corrected chi connectivity index (χ4v) is 3.03. The molecule has 0 aromatic rings. The largest absolute Gasteiger partial charge is 0.481 e. The molecule has 6 heteroatoms. The lowest BCUT2D eigenvalue weighted by Crippen LogP contribution is -2.46. The number of rotatable bonds is 2. The number of hydrogen-bond acceptors (Lipinski definition) is 3. The first-order valence-corrected chi connectivity index (χ1v) is 7.52. The van der Waals surface area contributed by atoms with Crippen LogP contribution in [0.15, 0.2) is 0 Å². The fraction of sp³-hybridized carbons (Fsp3) is 0.857. The normalized spacial score (nSPS) is 31.4. The Balaban J connectivity index is 1.76. The monoisotopic (exact) mass is 284 g/mol. The second-order valence-electron chi connectivity index (χ2n) is 5.91. The Hall–Kier alpha value is -1.30. The molecule has 20 heavy (non-hydrogen) atoms. The van der Waals surface area contributed by atoms with Crippen LogP contribution in [0.2, 0.25) is 0 Å². The zero-order chi connectivity index (χ0) is 14.5. The van der Waals surface area contributed by atoms with Gasteiger partial charge in [-0.05, 0) is 44.9 Å². The Kier molecular flexibility index (Phi) is 5.23. The lowest BCUT2D eigenvalue weighted by molar-refractivity contribution is -0.142. The van der Waals surface area contributed by atoms with Gasteiger partial charge in [0.2, 0.25) is 0 Å². The number of carboxylic acids is 1. The van der Waals surface area contributed by atoms with Crippen molar-refractivity contribution in [2.45, 2.75) is 57.1 Å². The van der Waals surface area contributed by atoms with Gasteiger partial charge in [-0.15, -0.1) is 0 Å². The van der Waals surface area contributed by atoms with E-state index < -0.39 is 5.97 Å². The van der Waals surface area contributed by atoms with Crippen LogP contribution in [0.25, 0.3) is 0 Å². The van der Waals surface area contributed by atoms with E-state index in [2.05, 4.69) is 5.32 Å². The van der Waals surface area contributed by atoms with Crippen molar-refractivity contribution >= 4 is 12.0 Å². The quantitative estimate of drug-likeness (QED) is 0.710. The molecule has 0 bridgehead atoms. The zero-order valence-corrected chi connectivity index (χ0v) is 11.8. The standard InChI is InChI=1S/C14H24N2O4/c17-12-2-1-8-16(9-7-12)14(20)15-11-5-3-10(4-6-11)13(18)19/h10-12,17H,1-9H2,(H,15,20)(H,18,19). The molecule has 1 aliphatic carbocycles. The van der Waals surface area contributed by atoms with Crippen LogP contribution in [-0.4, -0.2) is 52.3 Å². The van der Waals surface area contributed by atoms with E-state index in [1.54, 1.807) is 4.90 Å². The maximum atomic E-state index is 12.2. The first kappa shape index (κ1) is 15.1. The molecule has 1 atom stereocenters. The van der Waals surface area contributed by atoms with Crippen LogP contribution >= 0.6 is 0 Å². The molecular weight excluding hydrogens is 260 g/mol. The molecule has 2 rings (SSSR count). The van der Waals surface area contributed by atoms with Crippen molar-refractivity contribution in [2.75, 3.05) is 13.1 Å². The Morgan fingerprint density at radius 3 is 2.35 bits per heavy atom. The molecule has 1 unspecified atom stereocenters. The van der Waals surface area contributed by atoms with Crippen LogP contribution in [0, 0.1) is 5.92 Å². The van der Waals surface area contributed by atoms with Gasteiger partial charge in [-0.2, -0.15) is 0 Å². The highest BCUT2D eigenvalue weighted by atomic mass is 16.4. The van der Waals surface area contributed by atoms with Crippen LogP contribution in [-0.2, 0) is 4.79 Å². The van der Waals surface area contributed by atoms with Gasteiger partial charge < -0.3 is 20.4 Å². The van der Waals surface area contributed by atoms with Crippen molar-refractivity contribution in [2.24, 2.45) is 5.92 Å². The number of likely N-dealkylation sites (tertiary alicyclic amines) is 1. The van der Waals surface area contributed by atoms with Crippen molar-refractivity contribution < 1.29 is 19.8 Å². The minimum atomic E-state index is -0.726. The van der Waals surface area contributed by atoms with E-state index in [0.717, 1.165) is 25.7 Å². The van der Waals surface area contributed by atoms with Crippen molar-refractivity contribution in [3.8, 4) is 0 Å². The van der Waals surface area contributed by atoms with E-state index in [4.69, 9.17) is 5.11 Å². The SMILES string of the molecule is O=C(O)C1CCC(NC(=O)N2CCCC(O)CC2)CC1. The molecule has 114 valence electrons. The van der Waals surface area contributed by atoms with Crippen LogP contribution in [0.5, 0.6) is 0 Å². The molecule has 1 saturated heterocycles. The van der Waals surface area contributed by atoms with Crippen molar-refractivity contribution in [1.29, 1.82) is 0 Å². The summed E-state index contributed by atoms with van der Waals surface area (Å²) in [6.45, 7) is 1.28. The van der Waals surface area contributed by atoms with Crippen LogP contribution in [0.4, 0.5) is 4.79 Å². The molecule has 0 aromatic heterocycles. The van der Waals surface area contributed by atoms with E-state index in [1.807, 2.05) is 0 Å². The highest BCUT2D eigenvalue weighted by Gasteiger charge is 2.28. The number of amides is 2. The summed E-state index contributed by atoms with van der Waals surface area (Å²) >= 11 is 0. The van der Waals surface area contributed by atoms with Gasteiger partial charge >= 0.3 is 12.0 Å². The molecule has 6 nitrogen and oxygen atoms in total. The van der Waals surface area contributed by atoms with Gasteiger partial charge in [0, 0.05) is 19.1 Å². The summed E-state index contributed by atoms with van der Waals surface area (Å²) in [6, 6.07) is 0.0177. The number of carbonyl (C=O) groups excluding carboxylic acids is 1. The number of nitrogens with one attached hydrogen (secondary N) is 1. The van der Waals surface area contributed by atoms with Gasteiger partial charge in [0.05, 0.1) is 12.0 Å². The number of urea groups is 1. The highest BCUT2D eigenvalue weighted by molar-refractivity contribution is 5.74. The highest BCUT2D eigenvalue weighted by Crippen LogP contribution is 2.24. The van der Waals surface area contributed by atoms with Gasteiger partial charge in [-0.25, -0.2) is 4.79 Å². The lowest BCUT2D eigenvalue weighted by atomic mass is 9.86. The maximum absolute atomic E-state index is 12.2. The molecule has 2 aliphatic rings. The third-order valence-electron chi connectivity index (χ3n) is 4.39. The number of nitrogens with zero attached hydrogens (tertiary/aromatic N) is 1. The Morgan fingerprint density at radius 1 is 1.00 bits per heavy atom.